The van der Waals surface area contributed by atoms with Crippen molar-refractivity contribution < 1.29 is 14.3 Å². The normalized spacial score (nSPS) is 14.2. The van der Waals surface area contributed by atoms with Crippen molar-refractivity contribution in [2.75, 3.05) is 0 Å². The van der Waals surface area contributed by atoms with Crippen molar-refractivity contribution in [1.29, 1.82) is 0 Å². The number of furan rings is 1. The van der Waals surface area contributed by atoms with Gasteiger partial charge in [-0.2, -0.15) is 0 Å². The monoisotopic (exact) mass is 232 g/mol. The number of rotatable bonds is 4. The summed E-state index contributed by atoms with van der Waals surface area (Å²) in [6.45, 7) is 0. The van der Waals surface area contributed by atoms with Crippen LogP contribution in [0.3, 0.4) is 0 Å². The lowest BCUT2D eigenvalue weighted by atomic mass is 9.90. The maximum absolute atomic E-state index is 11.3. The summed E-state index contributed by atoms with van der Waals surface area (Å²) in [4.78, 5) is 15.2. The zero-order valence-corrected chi connectivity index (χ0v) is 9.04. The van der Waals surface area contributed by atoms with Crippen LogP contribution in [0.25, 0.3) is 0 Å². The highest BCUT2D eigenvalue weighted by Crippen LogP contribution is 2.23. The highest BCUT2D eigenvalue weighted by Gasteiger charge is 2.39. The first-order chi connectivity index (χ1) is 8.13. The van der Waals surface area contributed by atoms with Crippen LogP contribution >= 0.6 is 0 Å². The van der Waals surface area contributed by atoms with Gasteiger partial charge in [0.2, 0.25) is 0 Å². The Labute approximate surface area is 97.9 Å². The number of hydrogen-bond donors (Lipinski definition) is 2. The molecule has 5 heteroatoms. The first-order valence-corrected chi connectivity index (χ1v) is 5.08. The van der Waals surface area contributed by atoms with Crippen molar-refractivity contribution in [3.8, 4) is 0 Å². The van der Waals surface area contributed by atoms with Crippen LogP contribution in [0.1, 0.15) is 11.3 Å². The molecule has 0 saturated heterocycles. The maximum Gasteiger partial charge on any atom is 0.331 e. The van der Waals surface area contributed by atoms with E-state index in [0.29, 0.717) is 0 Å². The second-order valence-electron chi connectivity index (χ2n) is 3.79. The molecular formula is C12H12N2O3. The van der Waals surface area contributed by atoms with Gasteiger partial charge in [0.05, 0.1) is 6.26 Å². The Balaban J connectivity index is 2.34. The highest BCUT2D eigenvalue weighted by atomic mass is 16.4. The van der Waals surface area contributed by atoms with E-state index in [9.17, 15) is 9.90 Å². The summed E-state index contributed by atoms with van der Waals surface area (Å²) in [6, 6.07) is 6.64. The summed E-state index contributed by atoms with van der Waals surface area (Å²) < 4.78 is 5.11. The number of carboxylic acid groups (broad SMARTS) is 1. The van der Waals surface area contributed by atoms with Crippen LogP contribution in [0.4, 0.5) is 0 Å². The number of aromatic nitrogens is 1. The van der Waals surface area contributed by atoms with E-state index in [1.807, 2.05) is 0 Å². The van der Waals surface area contributed by atoms with Crippen LogP contribution in [-0.4, -0.2) is 16.1 Å². The number of aliphatic carboxylic acids is 1. The molecule has 3 N–H and O–H groups in total. The first kappa shape index (κ1) is 11.3. The molecule has 2 aromatic rings. The molecule has 17 heavy (non-hydrogen) atoms. The lowest BCUT2D eigenvalue weighted by molar-refractivity contribution is -0.144. The minimum atomic E-state index is -1.55. The second kappa shape index (κ2) is 4.39. The van der Waals surface area contributed by atoms with Crippen LogP contribution in [-0.2, 0) is 16.8 Å². The van der Waals surface area contributed by atoms with Gasteiger partial charge in [-0.15, -0.1) is 0 Å². The number of carbonyl (C=O) groups is 1. The zero-order chi connectivity index (χ0) is 12.3. The molecule has 0 bridgehead atoms. The summed E-state index contributed by atoms with van der Waals surface area (Å²) in [7, 11) is 0. The number of nitrogens with two attached hydrogens (primary N) is 1. The molecule has 0 aromatic carbocycles. The van der Waals surface area contributed by atoms with Crippen LogP contribution in [0.2, 0.25) is 0 Å². The van der Waals surface area contributed by atoms with Crippen molar-refractivity contribution in [3.05, 3.63) is 54.2 Å². The van der Waals surface area contributed by atoms with Crippen LogP contribution < -0.4 is 5.73 Å². The highest BCUT2D eigenvalue weighted by molar-refractivity contribution is 5.80. The van der Waals surface area contributed by atoms with Gasteiger partial charge in [0, 0.05) is 18.8 Å². The van der Waals surface area contributed by atoms with Crippen LogP contribution in [0.15, 0.2) is 47.3 Å². The van der Waals surface area contributed by atoms with Gasteiger partial charge in [0.15, 0.2) is 5.54 Å². The Kier molecular flexibility index (Phi) is 2.93. The fourth-order valence-electron chi connectivity index (χ4n) is 1.62. The molecule has 88 valence electrons. The average molecular weight is 232 g/mol. The van der Waals surface area contributed by atoms with Crippen LogP contribution in [0.5, 0.6) is 0 Å². The molecule has 5 nitrogen and oxygen atoms in total. The van der Waals surface area contributed by atoms with Crippen molar-refractivity contribution in [2.24, 2.45) is 5.73 Å². The van der Waals surface area contributed by atoms with E-state index in [0.717, 1.165) is 5.56 Å². The average Bonchev–Trinajstić information content (AvgIpc) is 2.84. The Morgan fingerprint density at radius 3 is 2.65 bits per heavy atom. The smallest absolute Gasteiger partial charge is 0.331 e. The summed E-state index contributed by atoms with van der Waals surface area (Å²) in [5.74, 6) is -0.883. The topological polar surface area (TPSA) is 89.3 Å². The van der Waals surface area contributed by atoms with Crippen LogP contribution in [0, 0.1) is 0 Å². The standard InChI is InChI=1S/C12H12N2O3/c13-12(11(15)16,10-2-1-7-17-10)8-9-3-5-14-6-4-9/h1-7H,8,13H2,(H,15,16)/t12-/m0/s1. The van der Waals surface area contributed by atoms with Gasteiger partial charge in [-0.05, 0) is 29.8 Å². The third-order valence-electron chi connectivity index (χ3n) is 2.57. The number of carboxylic acids is 1. The Bertz CT molecular complexity index is 496. The number of pyridine rings is 1. The summed E-state index contributed by atoms with van der Waals surface area (Å²) in [6.07, 6.45) is 4.75. The molecular weight excluding hydrogens is 220 g/mol. The van der Waals surface area contributed by atoms with Gasteiger partial charge >= 0.3 is 5.97 Å². The number of hydrogen-bond acceptors (Lipinski definition) is 4. The zero-order valence-electron chi connectivity index (χ0n) is 9.04. The van der Waals surface area contributed by atoms with Gasteiger partial charge in [0.25, 0.3) is 0 Å². The molecule has 1 atom stereocenters. The summed E-state index contributed by atoms with van der Waals surface area (Å²) in [5.41, 5.74) is 5.17. The molecule has 0 amide bonds. The van der Waals surface area contributed by atoms with Gasteiger partial charge in [-0.1, -0.05) is 0 Å². The molecule has 2 aromatic heterocycles. The molecule has 0 radical (unpaired) electrons. The fraction of sp³-hybridized carbons (Fsp3) is 0.167. The minimum Gasteiger partial charge on any atom is -0.480 e. The predicted molar refractivity (Wildman–Crippen MR) is 60.2 cm³/mol. The molecule has 0 aliphatic heterocycles. The first-order valence-electron chi connectivity index (χ1n) is 5.08. The van der Waals surface area contributed by atoms with Gasteiger partial charge in [-0.3, -0.25) is 4.98 Å². The quantitative estimate of drug-likeness (QED) is 0.825. The molecule has 0 aliphatic rings. The van der Waals surface area contributed by atoms with Crippen molar-refractivity contribution in [1.82, 2.24) is 4.98 Å². The second-order valence-corrected chi connectivity index (χ2v) is 3.79. The van der Waals surface area contributed by atoms with Gasteiger partial charge in [0.1, 0.15) is 5.76 Å². The molecule has 0 saturated carbocycles. The van der Waals surface area contributed by atoms with E-state index < -0.39 is 11.5 Å². The van der Waals surface area contributed by atoms with E-state index in [-0.39, 0.29) is 12.2 Å². The SMILES string of the molecule is N[C@](Cc1ccncc1)(C(=O)O)c1ccco1. The van der Waals surface area contributed by atoms with E-state index >= 15 is 0 Å². The largest absolute Gasteiger partial charge is 0.480 e. The van der Waals surface area contributed by atoms with Gasteiger partial charge < -0.3 is 15.3 Å². The minimum absolute atomic E-state index is 0.151. The van der Waals surface area contributed by atoms with Gasteiger partial charge in [-0.25, -0.2) is 4.79 Å². The van der Waals surface area contributed by atoms with E-state index in [2.05, 4.69) is 4.98 Å². The van der Waals surface area contributed by atoms with Crippen molar-refractivity contribution >= 4 is 5.97 Å². The maximum atomic E-state index is 11.3. The molecule has 0 aliphatic carbocycles. The predicted octanol–water partition coefficient (Wildman–Crippen LogP) is 1.16. The molecule has 0 fully saturated rings. The lowest BCUT2D eigenvalue weighted by Crippen LogP contribution is -2.46. The molecule has 0 unspecified atom stereocenters. The Hall–Kier alpha value is -2.14. The molecule has 2 heterocycles. The Morgan fingerprint density at radius 1 is 1.41 bits per heavy atom. The lowest BCUT2D eigenvalue weighted by Gasteiger charge is -2.22. The summed E-state index contributed by atoms with van der Waals surface area (Å²) >= 11 is 0. The van der Waals surface area contributed by atoms with Crippen molar-refractivity contribution in [2.45, 2.75) is 12.0 Å². The molecule has 2 rings (SSSR count). The van der Waals surface area contributed by atoms with E-state index in [1.165, 1.54) is 6.26 Å². The summed E-state index contributed by atoms with van der Waals surface area (Å²) in [5, 5.41) is 9.27. The van der Waals surface area contributed by atoms with Crippen molar-refractivity contribution in [3.63, 3.8) is 0 Å². The Morgan fingerprint density at radius 2 is 2.12 bits per heavy atom. The molecule has 0 spiro atoms. The van der Waals surface area contributed by atoms with E-state index in [4.69, 9.17) is 10.2 Å². The third kappa shape index (κ3) is 2.19. The fourth-order valence-corrected chi connectivity index (χ4v) is 1.62. The number of nitrogens with zero attached hydrogens (tertiary/aromatic N) is 1. The van der Waals surface area contributed by atoms with E-state index in [1.54, 1.807) is 36.7 Å². The third-order valence-corrected chi connectivity index (χ3v) is 2.57.